The molecule has 0 saturated carbocycles. The highest BCUT2D eigenvalue weighted by atomic mass is 79.9. The maximum Gasteiger partial charge on any atom is 0.317 e. The number of aromatic nitrogens is 1. The number of aryl methyl sites for hydroxylation is 1. The Hall–Kier alpha value is -0.550. The van der Waals surface area contributed by atoms with E-state index in [9.17, 15) is 4.79 Å². The summed E-state index contributed by atoms with van der Waals surface area (Å²) in [5.74, 6) is -0.712. The molecule has 16 heavy (non-hydrogen) atoms. The Morgan fingerprint density at radius 3 is 2.62 bits per heavy atom. The number of nitrogens with zero attached hydrogens (tertiary/aromatic N) is 1. The summed E-state index contributed by atoms with van der Waals surface area (Å²) in [5, 5.41) is 9.37. The molecule has 1 aromatic rings. The first-order valence-corrected chi connectivity index (χ1v) is 6.60. The van der Waals surface area contributed by atoms with Crippen LogP contribution in [0.2, 0.25) is 0 Å². The predicted molar refractivity (Wildman–Crippen MR) is 68.8 cm³/mol. The number of aliphatic carboxylic acids is 1. The molecule has 0 aliphatic carbocycles. The van der Waals surface area contributed by atoms with Gasteiger partial charge in [0.2, 0.25) is 0 Å². The minimum Gasteiger partial charge on any atom is -0.480 e. The highest BCUT2D eigenvalue weighted by Gasteiger charge is 2.23. The molecule has 0 spiro atoms. The first-order valence-electron chi connectivity index (χ1n) is 4.93. The lowest BCUT2D eigenvalue weighted by molar-refractivity contribution is -0.137. The van der Waals surface area contributed by atoms with Crippen molar-refractivity contribution in [3.63, 3.8) is 0 Å². The standard InChI is InChI=1S/C11H14BrNO2S/c1-6(2)10(11(14)15)16-9-4-7(3)8(12)5-13-9/h4-6,10H,1-3H3,(H,14,15). The van der Waals surface area contributed by atoms with Gasteiger partial charge in [-0.3, -0.25) is 4.79 Å². The Kier molecular flexibility index (Phi) is 4.80. The second-order valence-corrected chi connectivity index (χ2v) is 5.91. The molecule has 0 aliphatic heterocycles. The molecule has 3 nitrogen and oxygen atoms in total. The molecule has 0 aliphatic rings. The highest BCUT2D eigenvalue weighted by molar-refractivity contribution is 9.10. The summed E-state index contributed by atoms with van der Waals surface area (Å²) in [4.78, 5) is 15.2. The van der Waals surface area contributed by atoms with Gasteiger partial charge in [-0.25, -0.2) is 4.98 Å². The van der Waals surface area contributed by atoms with Crippen molar-refractivity contribution in [2.45, 2.75) is 31.0 Å². The van der Waals surface area contributed by atoms with Crippen molar-refractivity contribution in [3.05, 3.63) is 22.3 Å². The van der Waals surface area contributed by atoms with Crippen LogP contribution < -0.4 is 0 Å². The fraction of sp³-hybridized carbons (Fsp3) is 0.455. The lowest BCUT2D eigenvalue weighted by Gasteiger charge is -2.15. The van der Waals surface area contributed by atoms with Gasteiger partial charge in [0.25, 0.3) is 0 Å². The van der Waals surface area contributed by atoms with E-state index < -0.39 is 11.2 Å². The maximum absolute atomic E-state index is 11.0. The van der Waals surface area contributed by atoms with E-state index in [0.29, 0.717) is 0 Å². The molecule has 1 aromatic heterocycles. The van der Waals surface area contributed by atoms with Gasteiger partial charge in [-0.1, -0.05) is 25.6 Å². The summed E-state index contributed by atoms with van der Waals surface area (Å²) in [6.45, 7) is 5.76. The zero-order valence-corrected chi connectivity index (χ0v) is 11.8. The minimum atomic E-state index is -0.789. The number of thioether (sulfide) groups is 1. The summed E-state index contributed by atoms with van der Waals surface area (Å²) >= 11 is 4.66. The molecular formula is C11H14BrNO2S. The molecule has 1 atom stereocenters. The number of rotatable bonds is 4. The summed E-state index contributed by atoms with van der Waals surface area (Å²) in [7, 11) is 0. The van der Waals surface area contributed by atoms with Crippen LogP contribution in [0.25, 0.3) is 0 Å². The molecule has 0 saturated heterocycles. The number of hydrogen-bond donors (Lipinski definition) is 1. The average Bonchev–Trinajstić information content (AvgIpc) is 2.18. The third kappa shape index (κ3) is 3.49. The van der Waals surface area contributed by atoms with Gasteiger partial charge in [-0.2, -0.15) is 0 Å². The van der Waals surface area contributed by atoms with Gasteiger partial charge >= 0.3 is 5.97 Å². The molecule has 0 fully saturated rings. The van der Waals surface area contributed by atoms with E-state index in [-0.39, 0.29) is 5.92 Å². The number of carbonyl (C=O) groups is 1. The third-order valence-electron chi connectivity index (χ3n) is 2.12. The van der Waals surface area contributed by atoms with Crippen LogP contribution in [-0.4, -0.2) is 21.3 Å². The predicted octanol–water partition coefficient (Wildman–Crippen LogP) is 3.35. The molecule has 0 amide bonds. The van der Waals surface area contributed by atoms with Gasteiger partial charge in [-0.15, -0.1) is 0 Å². The topological polar surface area (TPSA) is 50.2 Å². The Balaban J connectivity index is 2.86. The molecule has 88 valence electrons. The van der Waals surface area contributed by atoms with Crippen molar-refractivity contribution in [2.24, 2.45) is 5.92 Å². The van der Waals surface area contributed by atoms with E-state index in [4.69, 9.17) is 5.11 Å². The SMILES string of the molecule is Cc1cc(SC(C(=O)O)C(C)C)ncc1Br. The Bertz CT molecular complexity index is 396. The first-order chi connectivity index (χ1) is 7.41. The fourth-order valence-electron chi connectivity index (χ4n) is 1.18. The van der Waals surface area contributed by atoms with Gasteiger partial charge in [0.05, 0.1) is 5.03 Å². The molecule has 1 heterocycles. The number of hydrogen-bond acceptors (Lipinski definition) is 3. The van der Waals surface area contributed by atoms with Gasteiger partial charge in [0.1, 0.15) is 5.25 Å². The number of halogens is 1. The molecule has 0 radical (unpaired) electrons. The van der Waals surface area contributed by atoms with Gasteiger partial charge in [0, 0.05) is 10.7 Å². The summed E-state index contributed by atoms with van der Waals surface area (Å²) in [6, 6.07) is 1.90. The van der Waals surface area contributed by atoms with E-state index in [0.717, 1.165) is 15.1 Å². The number of pyridine rings is 1. The van der Waals surface area contributed by atoms with Crippen LogP contribution in [-0.2, 0) is 4.79 Å². The molecule has 1 rings (SSSR count). The second-order valence-electron chi connectivity index (χ2n) is 3.89. The lowest BCUT2D eigenvalue weighted by atomic mass is 10.1. The van der Waals surface area contributed by atoms with Crippen LogP contribution in [0.4, 0.5) is 0 Å². The van der Waals surface area contributed by atoms with Crippen molar-refractivity contribution < 1.29 is 9.90 Å². The summed E-state index contributed by atoms with van der Waals surface area (Å²) in [5.41, 5.74) is 1.06. The zero-order valence-electron chi connectivity index (χ0n) is 9.40. The van der Waals surface area contributed by atoms with Crippen molar-refractivity contribution >= 4 is 33.7 Å². The maximum atomic E-state index is 11.0. The molecular weight excluding hydrogens is 290 g/mol. The largest absolute Gasteiger partial charge is 0.480 e. The quantitative estimate of drug-likeness (QED) is 0.867. The van der Waals surface area contributed by atoms with Crippen LogP contribution >= 0.6 is 27.7 Å². The highest BCUT2D eigenvalue weighted by Crippen LogP contribution is 2.28. The molecule has 5 heteroatoms. The Labute approximate surface area is 108 Å². The fourth-order valence-corrected chi connectivity index (χ4v) is 2.39. The van der Waals surface area contributed by atoms with E-state index >= 15 is 0 Å². The smallest absolute Gasteiger partial charge is 0.317 e. The lowest BCUT2D eigenvalue weighted by Crippen LogP contribution is -2.22. The van der Waals surface area contributed by atoms with E-state index in [2.05, 4.69) is 20.9 Å². The normalized spacial score (nSPS) is 12.8. The van der Waals surface area contributed by atoms with Crippen LogP contribution in [0.15, 0.2) is 21.8 Å². The van der Waals surface area contributed by atoms with Crippen molar-refractivity contribution in [1.29, 1.82) is 0 Å². The van der Waals surface area contributed by atoms with E-state index in [1.807, 2.05) is 26.8 Å². The molecule has 0 aromatic carbocycles. The van der Waals surface area contributed by atoms with Crippen molar-refractivity contribution in [2.75, 3.05) is 0 Å². The van der Waals surface area contributed by atoms with Crippen molar-refractivity contribution in [3.8, 4) is 0 Å². The zero-order chi connectivity index (χ0) is 12.3. The Morgan fingerprint density at radius 2 is 2.19 bits per heavy atom. The monoisotopic (exact) mass is 303 g/mol. The average molecular weight is 304 g/mol. The van der Waals surface area contributed by atoms with Crippen LogP contribution in [0.1, 0.15) is 19.4 Å². The van der Waals surface area contributed by atoms with Crippen LogP contribution in [0, 0.1) is 12.8 Å². The number of carboxylic acids is 1. The van der Waals surface area contributed by atoms with Crippen LogP contribution in [0.3, 0.4) is 0 Å². The van der Waals surface area contributed by atoms with Crippen molar-refractivity contribution in [1.82, 2.24) is 4.98 Å². The van der Waals surface area contributed by atoms with E-state index in [1.54, 1.807) is 6.20 Å². The third-order valence-corrected chi connectivity index (χ3v) is 4.41. The molecule has 0 bridgehead atoms. The van der Waals surface area contributed by atoms with E-state index in [1.165, 1.54) is 11.8 Å². The van der Waals surface area contributed by atoms with Gasteiger partial charge in [-0.05, 0) is 40.4 Å². The van der Waals surface area contributed by atoms with Gasteiger partial charge in [0.15, 0.2) is 0 Å². The van der Waals surface area contributed by atoms with Gasteiger partial charge < -0.3 is 5.11 Å². The number of carboxylic acid groups (broad SMARTS) is 1. The molecule has 1 N–H and O–H groups in total. The molecule has 1 unspecified atom stereocenters. The second kappa shape index (κ2) is 5.68. The first kappa shape index (κ1) is 13.5. The minimum absolute atomic E-state index is 0.0771. The summed E-state index contributed by atoms with van der Waals surface area (Å²) < 4.78 is 0.938. The van der Waals surface area contributed by atoms with Crippen LogP contribution in [0.5, 0.6) is 0 Å². The Morgan fingerprint density at radius 1 is 1.56 bits per heavy atom. The summed E-state index contributed by atoms with van der Waals surface area (Å²) in [6.07, 6.45) is 1.71.